The molecule has 186 valence electrons. The summed E-state index contributed by atoms with van der Waals surface area (Å²) in [7, 11) is -4.63. The average Bonchev–Trinajstić information content (AvgIpc) is 2.87. The molecular weight excluding hydrogens is 539 g/mol. The van der Waals surface area contributed by atoms with Gasteiger partial charge in [0.1, 0.15) is 6.54 Å². The molecule has 0 aliphatic heterocycles. The van der Waals surface area contributed by atoms with Gasteiger partial charge in [0.05, 0.1) is 27.0 Å². The number of anilines is 1. The van der Waals surface area contributed by atoms with E-state index in [1.807, 2.05) is 0 Å². The fourth-order valence-electron chi connectivity index (χ4n) is 3.94. The smallest absolute Gasteiger partial charge is 0.324 e. The first-order valence-electron chi connectivity index (χ1n) is 10.8. The quantitative estimate of drug-likeness (QED) is 0.352. The average molecular weight is 555 g/mol. The molecule has 0 fully saturated rings. The topological polar surface area (TPSA) is 120 Å². The van der Waals surface area contributed by atoms with Crippen molar-refractivity contribution in [3.05, 3.63) is 110 Å². The summed E-state index contributed by atoms with van der Waals surface area (Å²) < 4.78 is 27.7. The van der Waals surface area contributed by atoms with E-state index < -0.39 is 33.7 Å². The first-order valence-corrected chi connectivity index (χ1v) is 13.0. The molecular formula is C25H16Cl2N4O5S. The third-order valence-corrected chi connectivity index (χ3v) is 7.80. The molecule has 5 rings (SSSR count). The highest BCUT2D eigenvalue weighted by Crippen LogP contribution is 2.22. The summed E-state index contributed by atoms with van der Waals surface area (Å²) in [5.41, 5.74) is -1.17. The molecule has 0 atom stereocenters. The number of benzene rings is 3. The Kier molecular flexibility index (Phi) is 6.32. The van der Waals surface area contributed by atoms with Gasteiger partial charge in [-0.15, -0.1) is 3.97 Å². The van der Waals surface area contributed by atoms with E-state index in [0.717, 1.165) is 4.57 Å². The van der Waals surface area contributed by atoms with Gasteiger partial charge in [-0.3, -0.25) is 19.1 Å². The highest BCUT2D eigenvalue weighted by Gasteiger charge is 2.26. The van der Waals surface area contributed by atoms with E-state index in [0.29, 0.717) is 16.6 Å². The molecule has 0 bridgehead atoms. The van der Waals surface area contributed by atoms with Crippen LogP contribution in [-0.4, -0.2) is 27.8 Å². The Balaban J connectivity index is 1.65. The second kappa shape index (κ2) is 9.47. The highest BCUT2D eigenvalue weighted by molar-refractivity contribution is 7.90. The first-order chi connectivity index (χ1) is 17.7. The Labute approximate surface area is 219 Å². The second-order valence-electron chi connectivity index (χ2n) is 7.98. The van der Waals surface area contributed by atoms with Gasteiger partial charge >= 0.3 is 5.69 Å². The third-order valence-electron chi connectivity index (χ3n) is 5.64. The predicted octanol–water partition coefficient (Wildman–Crippen LogP) is 3.89. The molecule has 3 aromatic carbocycles. The molecule has 37 heavy (non-hydrogen) atoms. The van der Waals surface area contributed by atoms with Crippen LogP contribution in [0.15, 0.2) is 93.5 Å². The zero-order valence-electron chi connectivity index (χ0n) is 18.8. The number of pyridine rings is 1. The zero-order chi connectivity index (χ0) is 26.3. The summed E-state index contributed by atoms with van der Waals surface area (Å²) in [6.07, 6.45) is 1.62. The molecule has 0 aliphatic carbocycles. The van der Waals surface area contributed by atoms with Crippen molar-refractivity contribution in [2.24, 2.45) is 0 Å². The van der Waals surface area contributed by atoms with Gasteiger partial charge in [0.2, 0.25) is 5.91 Å². The van der Waals surface area contributed by atoms with Gasteiger partial charge in [-0.2, -0.15) is 0 Å². The van der Waals surface area contributed by atoms with E-state index in [9.17, 15) is 22.8 Å². The minimum absolute atomic E-state index is 0.0137. The number of hydrogen-bond acceptors (Lipinski definition) is 6. The van der Waals surface area contributed by atoms with E-state index in [-0.39, 0.29) is 29.8 Å². The van der Waals surface area contributed by atoms with Crippen LogP contribution < -0.4 is 16.6 Å². The molecule has 0 unspecified atom stereocenters. The van der Waals surface area contributed by atoms with Gasteiger partial charge < -0.3 is 5.32 Å². The van der Waals surface area contributed by atoms with Gasteiger partial charge in [-0.25, -0.2) is 13.2 Å². The zero-order valence-corrected chi connectivity index (χ0v) is 21.1. The van der Waals surface area contributed by atoms with Crippen molar-refractivity contribution in [2.45, 2.75) is 11.4 Å². The normalized spacial score (nSPS) is 11.6. The summed E-state index contributed by atoms with van der Waals surface area (Å²) in [5, 5.41) is 3.76. The number of fused-ring (bicyclic) bond motifs is 2. The molecule has 0 spiro atoms. The fraction of sp³-hybridized carbons (Fsp3) is 0.0400. The number of nitrogens with zero attached hydrogens (tertiary/aromatic N) is 3. The van der Waals surface area contributed by atoms with Crippen LogP contribution in [0.5, 0.6) is 0 Å². The van der Waals surface area contributed by atoms with Gasteiger partial charge in [-0.1, -0.05) is 29.3 Å². The maximum atomic E-state index is 13.5. The Morgan fingerprint density at radius 1 is 0.892 bits per heavy atom. The molecule has 0 saturated heterocycles. The molecule has 1 N–H and O–H groups in total. The van der Waals surface area contributed by atoms with Crippen LogP contribution in [0, 0.1) is 0 Å². The van der Waals surface area contributed by atoms with Gasteiger partial charge in [0.25, 0.3) is 15.6 Å². The van der Waals surface area contributed by atoms with E-state index in [1.165, 1.54) is 42.5 Å². The van der Waals surface area contributed by atoms with Crippen molar-refractivity contribution in [3.8, 4) is 0 Å². The van der Waals surface area contributed by atoms with Crippen molar-refractivity contribution < 1.29 is 13.2 Å². The number of amides is 1. The summed E-state index contributed by atoms with van der Waals surface area (Å²) in [4.78, 5) is 43.7. The molecule has 0 aliphatic rings. The number of carbonyl (C=O) groups excluding carboxylic acids is 1. The van der Waals surface area contributed by atoms with Crippen molar-refractivity contribution in [2.75, 3.05) is 5.32 Å². The number of nitrogens with one attached hydrogen (secondary N) is 1. The number of aromatic nitrogens is 3. The number of carbonyl (C=O) groups is 1. The minimum atomic E-state index is -4.63. The molecule has 0 saturated carbocycles. The summed E-state index contributed by atoms with van der Waals surface area (Å²) >= 11 is 12.0. The number of rotatable bonds is 5. The van der Waals surface area contributed by atoms with Crippen LogP contribution in [0.4, 0.5) is 5.69 Å². The van der Waals surface area contributed by atoms with Crippen molar-refractivity contribution in [1.82, 2.24) is 13.5 Å². The van der Waals surface area contributed by atoms with Crippen molar-refractivity contribution >= 4 is 66.6 Å². The Morgan fingerprint density at radius 2 is 1.62 bits per heavy atom. The molecule has 5 aromatic rings. The van der Waals surface area contributed by atoms with Gasteiger partial charge in [0.15, 0.2) is 0 Å². The van der Waals surface area contributed by atoms with Crippen LogP contribution in [0.3, 0.4) is 0 Å². The number of halogens is 2. The van der Waals surface area contributed by atoms with Crippen LogP contribution in [0.25, 0.3) is 21.8 Å². The Hall–Kier alpha value is -3.99. The molecule has 1 amide bonds. The standard InChI is InChI=1S/C25H16Cl2N4O5S/c26-15-6-9-17(10-7-15)37(35,36)31-24(33)19-11-8-16(27)13-22(19)30(25(31)34)14-23(32)29-21-5-1-4-20-18(21)3-2-12-28-20/h1-13H,14H2,(H,29,32). The van der Waals surface area contributed by atoms with E-state index in [1.54, 1.807) is 36.5 Å². The lowest BCUT2D eigenvalue weighted by molar-refractivity contribution is -0.116. The molecule has 2 aromatic heterocycles. The lowest BCUT2D eigenvalue weighted by Crippen LogP contribution is -2.45. The highest BCUT2D eigenvalue weighted by atomic mass is 35.5. The van der Waals surface area contributed by atoms with Crippen molar-refractivity contribution in [3.63, 3.8) is 0 Å². The Morgan fingerprint density at radius 3 is 2.38 bits per heavy atom. The van der Waals surface area contributed by atoms with Gasteiger partial charge in [0, 0.05) is 21.6 Å². The maximum Gasteiger partial charge on any atom is 0.346 e. The Bertz CT molecular complexity index is 1930. The van der Waals surface area contributed by atoms with Crippen LogP contribution >= 0.6 is 23.2 Å². The van der Waals surface area contributed by atoms with Crippen molar-refractivity contribution in [1.29, 1.82) is 0 Å². The van der Waals surface area contributed by atoms with Crippen LogP contribution in [0.2, 0.25) is 10.0 Å². The van der Waals surface area contributed by atoms with E-state index in [4.69, 9.17) is 23.2 Å². The predicted molar refractivity (Wildman–Crippen MR) is 142 cm³/mol. The van der Waals surface area contributed by atoms with E-state index in [2.05, 4.69) is 10.3 Å². The fourth-order valence-corrected chi connectivity index (χ4v) is 5.54. The van der Waals surface area contributed by atoms with Crippen LogP contribution in [0.1, 0.15) is 0 Å². The van der Waals surface area contributed by atoms with Gasteiger partial charge in [-0.05, 0) is 66.7 Å². The van der Waals surface area contributed by atoms with Crippen LogP contribution in [-0.2, 0) is 21.4 Å². The maximum absolute atomic E-state index is 13.5. The summed E-state index contributed by atoms with van der Waals surface area (Å²) in [5.74, 6) is -0.631. The minimum Gasteiger partial charge on any atom is -0.324 e. The van der Waals surface area contributed by atoms with E-state index >= 15 is 0 Å². The largest absolute Gasteiger partial charge is 0.346 e. The monoisotopic (exact) mass is 554 g/mol. The second-order valence-corrected chi connectivity index (χ2v) is 10.6. The molecule has 2 heterocycles. The molecule has 0 radical (unpaired) electrons. The molecule has 9 nitrogen and oxygen atoms in total. The first kappa shape index (κ1) is 24.7. The molecule has 12 heteroatoms. The lowest BCUT2D eigenvalue weighted by atomic mass is 10.2. The SMILES string of the molecule is O=C(Cn1c(=O)n(S(=O)(=O)c2ccc(Cl)cc2)c(=O)c2ccc(Cl)cc21)Nc1cccc2ncccc12. The summed E-state index contributed by atoms with van der Waals surface area (Å²) in [6.45, 7) is -0.595. The number of hydrogen-bond donors (Lipinski definition) is 1. The summed E-state index contributed by atoms with van der Waals surface area (Å²) in [6, 6.07) is 17.7. The third kappa shape index (κ3) is 4.50. The lowest BCUT2D eigenvalue weighted by Gasteiger charge is -2.15.